The molecule has 0 aliphatic carbocycles. The summed E-state index contributed by atoms with van der Waals surface area (Å²) in [4.78, 5) is 12.4. The number of aromatic nitrogens is 2. The summed E-state index contributed by atoms with van der Waals surface area (Å²) in [5.41, 5.74) is 4.58. The molecule has 98 valence electrons. The minimum absolute atomic E-state index is 0.00468. The van der Waals surface area contributed by atoms with Crippen LogP contribution in [0.1, 0.15) is 22.9 Å². The molecule has 19 heavy (non-hydrogen) atoms. The van der Waals surface area contributed by atoms with Gasteiger partial charge in [0.2, 0.25) is 5.91 Å². The first-order valence-corrected chi connectivity index (χ1v) is 6.32. The molecule has 0 saturated heterocycles. The van der Waals surface area contributed by atoms with Crippen LogP contribution in [0.25, 0.3) is 0 Å². The van der Waals surface area contributed by atoms with Gasteiger partial charge in [0.1, 0.15) is 0 Å². The standard InChI is InChI=1S/C14H16N4O/c1-8-13(9(2)18-17-8)16-14(19)11-7-15-12-6-4-3-5-10(11)12/h3-6,11,15H,7H2,1-2H3,(H,16,19)(H,17,18). The summed E-state index contributed by atoms with van der Waals surface area (Å²) >= 11 is 0. The van der Waals surface area contributed by atoms with Crippen molar-refractivity contribution in [2.24, 2.45) is 0 Å². The Morgan fingerprint density at radius 2 is 2.16 bits per heavy atom. The Morgan fingerprint density at radius 1 is 1.37 bits per heavy atom. The second-order valence-corrected chi connectivity index (χ2v) is 4.82. The molecule has 3 N–H and O–H groups in total. The van der Waals surface area contributed by atoms with Gasteiger partial charge in [-0.25, -0.2) is 0 Å². The molecular weight excluding hydrogens is 240 g/mol. The molecule has 1 unspecified atom stereocenters. The van der Waals surface area contributed by atoms with Gasteiger partial charge in [0.05, 0.1) is 23.0 Å². The van der Waals surface area contributed by atoms with E-state index in [0.29, 0.717) is 6.54 Å². The van der Waals surface area contributed by atoms with Gasteiger partial charge in [-0.2, -0.15) is 5.10 Å². The van der Waals surface area contributed by atoms with Crippen LogP contribution in [0.5, 0.6) is 0 Å². The number of aromatic amines is 1. The van der Waals surface area contributed by atoms with Crippen molar-refractivity contribution in [1.29, 1.82) is 0 Å². The predicted octanol–water partition coefficient (Wildman–Crippen LogP) is 2.17. The van der Waals surface area contributed by atoms with Crippen LogP contribution in [0.15, 0.2) is 24.3 Å². The van der Waals surface area contributed by atoms with Crippen LogP contribution in [-0.4, -0.2) is 22.6 Å². The van der Waals surface area contributed by atoms with Crippen LogP contribution < -0.4 is 10.6 Å². The third-order valence-corrected chi connectivity index (χ3v) is 3.53. The lowest BCUT2D eigenvalue weighted by Gasteiger charge is -2.11. The topological polar surface area (TPSA) is 69.8 Å². The Kier molecular flexibility index (Phi) is 2.74. The molecule has 1 aliphatic rings. The normalized spacial score (nSPS) is 16.8. The Labute approximate surface area is 111 Å². The van der Waals surface area contributed by atoms with Gasteiger partial charge in [0.25, 0.3) is 0 Å². The number of carbonyl (C=O) groups is 1. The van der Waals surface area contributed by atoms with Gasteiger partial charge in [-0.1, -0.05) is 18.2 Å². The average molecular weight is 256 g/mol. The van der Waals surface area contributed by atoms with Gasteiger partial charge in [-0.3, -0.25) is 9.89 Å². The van der Waals surface area contributed by atoms with Gasteiger partial charge in [0.15, 0.2) is 0 Å². The Bertz CT molecular complexity index is 613. The van der Waals surface area contributed by atoms with Crippen molar-refractivity contribution in [3.8, 4) is 0 Å². The van der Waals surface area contributed by atoms with Gasteiger partial charge in [0, 0.05) is 12.2 Å². The molecule has 1 aromatic carbocycles. The summed E-state index contributed by atoms with van der Waals surface area (Å²) in [5.74, 6) is -0.144. The van der Waals surface area contributed by atoms with E-state index < -0.39 is 0 Å². The summed E-state index contributed by atoms with van der Waals surface area (Å²) in [7, 11) is 0. The predicted molar refractivity (Wildman–Crippen MR) is 74.4 cm³/mol. The highest BCUT2D eigenvalue weighted by atomic mass is 16.1. The van der Waals surface area contributed by atoms with Crippen LogP contribution in [-0.2, 0) is 4.79 Å². The lowest BCUT2D eigenvalue weighted by Crippen LogP contribution is -2.23. The van der Waals surface area contributed by atoms with Crippen LogP contribution in [0.2, 0.25) is 0 Å². The van der Waals surface area contributed by atoms with E-state index in [2.05, 4.69) is 20.8 Å². The average Bonchev–Trinajstić information content (AvgIpc) is 2.97. The highest BCUT2D eigenvalue weighted by Gasteiger charge is 2.28. The van der Waals surface area contributed by atoms with Gasteiger partial charge < -0.3 is 10.6 Å². The van der Waals surface area contributed by atoms with Gasteiger partial charge >= 0.3 is 0 Å². The highest BCUT2D eigenvalue weighted by Crippen LogP contribution is 2.32. The van der Waals surface area contributed by atoms with Crippen LogP contribution >= 0.6 is 0 Å². The summed E-state index contributed by atoms with van der Waals surface area (Å²) in [6, 6.07) is 7.92. The van der Waals surface area contributed by atoms with E-state index in [1.54, 1.807) is 0 Å². The maximum absolute atomic E-state index is 12.4. The van der Waals surface area contributed by atoms with Gasteiger partial charge in [-0.15, -0.1) is 0 Å². The number of anilines is 2. The molecule has 1 aliphatic heterocycles. The number of H-pyrrole nitrogens is 1. The zero-order valence-corrected chi connectivity index (χ0v) is 10.9. The van der Waals surface area contributed by atoms with Crippen molar-refractivity contribution in [3.05, 3.63) is 41.2 Å². The molecule has 1 atom stereocenters. The summed E-state index contributed by atoms with van der Waals surface area (Å²) in [6.07, 6.45) is 0. The number of amides is 1. The number of fused-ring (bicyclic) bond motifs is 1. The first-order valence-electron chi connectivity index (χ1n) is 6.32. The van der Waals surface area contributed by atoms with E-state index in [4.69, 9.17) is 0 Å². The zero-order valence-electron chi connectivity index (χ0n) is 10.9. The molecule has 2 heterocycles. The van der Waals surface area contributed by atoms with Crippen molar-refractivity contribution in [2.45, 2.75) is 19.8 Å². The number of benzene rings is 1. The fraction of sp³-hybridized carbons (Fsp3) is 0.286. The number of aryl methyl sites for hydroxylation is 2. The maximum atomic E-state index is 12.4. The SMILES string of the molecule is Cc1n[nH]c(C)c1NC(=O)C1CNc2ccccc21. The summed E-state index contributed by atoms with van der Waals surface area (Å²) in [6.45, 7) is 4.41. The fourth-order valence-corrected chi connectivity index (χ4v) is 2.46. The minimum Gasteiger partial charge on any atom is -0.384 e. The van der Waals surface area contributed by atoms with Gasteiger partial charge in [-0.05, 0) is 25.5 Å². The third kappa shape index (κ3) is 1.97. The van der Waals surface area contributed by atoms with Crippen LogP contribution in [0.4, 0.5) is 11.4 Å². The molecular formula is C14H16N4O. The zero-order chi connectivity index (χ0) is 13.4. The molecule has 0 bridgehead atoms. The molecule has 0 saturated carbocycles. The van der Waals surface area contributed by atoms with Crippen molar-refractivity contribution in [2.75, 3.05) is 17.2 Å². The smallest absolute Gasteiger partial charge is 0.233 e. The van der Waals surface area contributed by atoms with Crippen molar-refractivity contribution >= 4 is 17.3 Å². The Balaban J connectivity index is 1.83. The maximum Gasteiger partial charge on any atom is 0.233 e. The number of nitrogens with zero attached hydrogens (tertiary/aromatic N) is 1. The summed E-state index contributed by atoms with van der Waals surface area (Å²) in [5, 5.41) is 13.2. The molecule has 5 heteroatoms. The number of rotatable bonds is 2. The first kappa shape index (κ1) is 11.8. The van der Waals surface area contributed by atoms with Crippen molar-refractivity contribution in [1.82, 2.24) is 10.2 Å². The first-order chi connectivity index (χ1) is 9.16. The quantitative estimate of drug-likeness (QED) is 0.771. The minimum atomic E-state index is -0.148. The number of para-hydroxylation sites is 1. The van der Waals surface area contributed by atoms with Crippen molar-refractivity contribution in [3.63, 3.8) is 0 Å². The third-order valence-electron chi connectivity index (χ3n) is 3.53. The van der Waals surface area contributed by atoms with E-state index >= 15 is 0 Å². The second-order valence-electron chi connectivity index (χ2n) is 4.82. The lowest BCUT2D eigenvalue weighted by atomic mass is 10.0. The van der Waals surface area contributed by atoms with Crippen LogP contribution in [0, 0.1) is 13.8 Å². The molecule has 3 rings (SSSR count). The lowest BCUT2D eigenvalue weighted by molar-refractivity contribution is -0.117. The molecule has 0 fully saturated rings. The molecule has 0 radical (unpaired) electrons. The summed E-state index contributed by atoms with van der Waals surface area (Å²) < 4.78 is 0. The fourth-order valence-electron chi connectivity index (χ4n) is 2.46. The van der Waals surface area contributed by atoms with E-state index in [1.165, 1.54) is 0 Å². The Morgan fingerprint density at radius 3 is 2.89 bits per heavy atom. The van der Waals surface area contributed by atoms with Crippen LogP contribution in [0.3, 0.4) is 0 Å². The number of hydrogen-bond donors (Lipinski definition) is 3. The van der Waals surface area contributed by atoms with E-state index in [9.17, 15) is 4.79 Å². The monoisotopic (exact) mass is 256 g/mol. The molecule has 1 amide bonds. The molecule has 1 aromatic heterocycles. The highest BCUT2D eigenvalue weighted by molar-refractivity contribution is 5.99. The molecule has 5 nitrogen and oxygen atoms in total. The number of carbonyl (C=O) groups excluding carboxylic acids is 1. The number of nitrogens with one attached hydrogen (secondary N) is 3. The number of hydrogen-bond acceptors (Lipinski definition) is 3. The Hall–Kier alpha value is -2.30. The molecule has 0 spiro atoms. The van der Waals surface area contributed by atoms with E-state index in [-0.39, 0.29) is 11.8 Å². The van der Waals surface area contributed by atoms with Crippen molar-refractivity contribution < 1.29 is 4.79 Å². The largest absolute Gasteiger partial charge is 0.384 e. The van der Waals surface area contributed by atoms with E-state index in [1.807, 2.05) is 38.1 Å². The second kappa shape index (κ2) is 4.42. The molecule has 2 aromatic rings. The van der Waals surface area contributed by atoms with E-state index in [0.717, 1.165) is 28.3 Å².